The average Bonchev–Trinajstić information content (AvgIpc) is 2.77. The van der Waals surface area contributed by atoms with E-state index in [4.69, 9.17) is 19.6 Å². The lowest BCUT2D eigenvalue weighted by Gasteiger charge is -2.31. The molecule has 0 unspecified atom stereocenters. The Labute approximate surface area is 189 Å². The molecule has 2 atom stereocenters. The van der Waals surface area contributed by atoms with Crippen molar-refractivity contribution in [3.8, 4) is 11.5 Å². The highest BCUT2D eigenvalue weighted by atomic mass is 32.2. The third kappa shape index (κ3) is 5.72. The molecule has 33 heavy (non-hydrogen) atoms. The monoisotopic (exact) mass is 488 g/mol. The number of nitrogens with zero attached hydrogens (tertiary/aromatic N) is 2. The molecule has 2 N–H and O–H groups in total. The third-order valence-corrected chi connectivity index (χ3v) is 7.06. The maximum Gasteiger partial charge on any atom is 0.256 e. The molecule has 0 bridgehead atoms. The Bertz CT molecular complexity index is 1120. The number of benzene rings is 1. The van der Waals surface area contributed by atoms with Crippen molar-refractivity contribution < 1.29 is 35.8 Å². The van der Waals surface area contributed by atoms with Gasteiger partial charge in [0.05, 0.1) is 25.5 Å². The Morgan fingerprint density at radius 1 is 1.30 bits per heavy atom. The highest BCUT2D eigenvalue weighted by Crippen LogP contribution is 2.36. The van der Waals surface area contributed by atoms with E-state index < -0.39 is 50.7 Å². The second-order valence-electron chi connectivity index (χ2n) is 7.19. The fourth-order valence-electron chi connectivity index (χ4n) is 3.28. The molecule has 1 saturated heterocycles. The number of halogens is 3. The average molecular weight is 488 g/mol. The molecule has 0 spiro atoms. The topological polar surface area (TPSA) is 114 Å². The summed E-state index contributed by atoms with van der Waals surface area (Å²) in [5, 5.41) is 9.11. The van der Waals surface area contributed by atoms with Crippen molar-refractivity contribution in [2.75, 3.05) is 33.9 Å². The van der Waals surface area contributed by atoms with Gasteiger partial charge in [-0.15, -0.1) is 0 Å². The molecule has 0 radical (unpaired) electrons. The summed E-state index contributed by atoms with van der Waals surface area (Å²) < 4.78 is 85.7. The van der Waals surface area contributed by atoms with Gasteiger partial charge in [-0.1, -0.05) is 0 Å². The quantitative estimate of drug-likeness (QED) is 0.622. The van der Waals surface area contributed by atoms with Gasteiger partial charge in [0.1, 0.15) is 22.6 Å². The minimum absolute atomic E-state index is 0.0468. The van der Waals surface area contributed by atoms with E-state index in [1.54, 1.807) is 0 Å². The summed E-state index contributed by atoms with van der Waals surface area (Å²) in [5.74, 6) is -3.91. The number of nitrogens with one attached hydrogen (secondary N) is 2. The lowest BCUT2D eigenvalue weighted by molar-refractivity contribution is -0.00500. The van der Waals surface area contributed by atoms with Gasteiger partial charge in [-0.05, 0) is 24.6 Å². The van der Waals surface area contributed by atoms with Crippen LogP contribution in [-0.2, 0) is 19.5 Å². The summed E-state index contributed by atoms with van der Waals surface area (Å²) in [6, 6.07) is 3.95. The van der Waals surface area contributed by atoms with Crippen molar-refractivity contribution in [2.45, 2.75) is 17.8 Å². The van der Waals surface area contributed by atoms with E-state index in [0.717, 1.165) is 28.6 Å². The Hall–Kier alpha value is -2.90. The minimum atomic E-state index is -4.31. The summed E-state index contributed by atoms with van der Waals surface area (Å²) in [6.45, 7) is 0.397. The van der Waals surface area contributed by atoms with E-state index in [2.05, 4.69) is 10.3 Å². The van der Waals surface area contributed by atoms with Crippen LogP contribution in [0.1, 0.15) is 17.2 Å². The SMILES string of the molecule is COC[C@H]1C[C@H](c2cc(Oc3cc(F)cnc3F)ccc2F)S(=O)(=O)N(C)C(=N)NCCO1. The van der Waals surface area contributed by atoms with Gasteiger partial charge in [0, 0.05) is 32.3 Å². The van der Waals surface area contributed by atoms with Crippen molar-refractivity contribution in [1.29, 1.82) is 5.41 Å². The predicted octanol–water partition coefficient (Wildman–Crippen LogP) is 2.55. The molecule has 13 heteroatoms. The highest BCUT2D eigenvalue weighted by molar-refractivity contribution is 7.89. The Morgan fingerprint density at radius 3 is 2.79 bits per heavy atom. The first kappa shape index (κ1) is 24.7. The molecule has 2 aromatic rings. The van der Waals surface area contributed by atoms with E-state index in [1.807, 2.05) is 0 Å². The summed E-state index contributed by atoms with van der Waals surface area (Å²) in [5.41, 5.74) is -0.290. The first-order valence-electron chi connectivity index (χ1n) is 9.82. The highest BCUT2D eigenvalue weighted by Gasteiger charge is 2.37. The van der Waals surface area contributed by atoms with Crippen LogP contribution in [0.5, 0.6) is 11.5 Å². The van der Waals surface area contributed by atoms with Crippen LogP contribution in [0.3, 0.4) is 0 Å². The Kier molecular flexibility index (Phi) is 7.76. The van der Waals surface area contributed by atoms with Crippen LogP contribution >= 0.6 is 0 Å². The fraction of sp³-hybridized carbons (Fsp3) is 0.400. The first-order valence-corrected chi connectivity index (χ1v) is 11.3. The number of rotatable bonds is 5. The van der Waals surface area contributed by atoms with Crippen LogP contribution in [0.15, 0.2) is 30.5 Å². The molecule has 1 fully saturated rings. The molecule has 0 aliphatic carbocycles. The summed E-state index contributed by atoms with van der Waals surface area (Å²) >= 11 is 0. The molecule has 3 rings (SSSR count). The van der Waals surface area contributed by atoms with E-state index in [0.29, 0.717) is 6.20 Å². The molecule has 0 saturated carbocycles. The van der Waals surface area contributed by atoms with Gasteiger partial charge in [0.2, 0.25) is 16.0 Å². The van der Waals surface area contributed by atoms with Gasteiger partial charge < -0.3 is 19.5 Å². The fourth-order valence-corrected chi connectivity index (χ4v) is 4.94. The van der Waals surface area contributed by atoms with Crippen LogP contribution in [0.25, 0.3) is 0 Å². The standard InChI is InChI=1S/C20H23F3N4O5S/c1-27-20(24)25-5-6-31-14(11-30-2)9-18(33(27,28)29)15-8-13(3-4-16(15)22)32-17-7-12(21)10-26-19(17)23/h3-4,7-8,10,14,18H,5-6,9,11H2,1-2H3,(H2,24,25)/t14-,18-/m1/s1. The summed E-state index contributed by atoms with van der Waals surface area (Å²) in [4.78, 5) is 3.21. The number of aromatic nitrogens is 1. The van der Waals surface area contributed by atoms with E-state index in [9.17, 15) is 21.6 Å². The number of ether oxygens (including phenoxy) is 3. The molecule has 2 heterocycles. The summed E-state index contributed by atoms with van der Waals surface area (Å²) in [7, 11) is -1.72. The lowest BCUT2D eigenvalue weighted by atomic mass is 10.0. The number of pyridine rings is 1. The zero-order valence-corrected chi connectivity index (χ0v) is 18.7. The molecule has 1 aromatic heterocycles. The van der Waals surface area contributed by atoms with Crippen LogP contribution in [0, 0.1) is 23.0 Å². The van der Waals surface area contributed by atoms with Gasteiger partial charge in [0.15, 0.2) is 5.75 Å². The van der Waals surface area contributed by atoms with Crippen molar-refractivity contribution in [3.63, 3.8) is 0 Å². The van der Waals surface area contributed by atoms with Gasteiger partial charge in [-0.3, -0.25) is 5.41 Å². The number of guanidine groups is 1. The minimum Gasteiger partial charge on any atom is -0.452 e. The second-order valence-corrected chi connectivity index (χ2v) is 9.33. The van der Waals surface area contributed by atoms with Gasteiger partial charge >= 0.3 is 0 Å². The lowest BCUT2D eigenvalue weighted by Crippen LogP contribution is -2.46. The van der Waals surface area contributed by atoms with Crippen molar-refractivity contribution in [2.24, 2.45) is 0 Å². The number of sulfonamides is 1. The van der Waals surface area contributed by atoms with Gasteiger partial charge in [0.25, 0.3) is 5.95 Å². The first-order chi connectivity index (χ1) is 15.6. The normalized spacial score (nSPS) is 21.4. The van der Waals surface area contributed by atoms with Crippen molar-refractivity contribution in [3.05, 3.63) is 53.6 Å². The Morgan fingerprint density at radius 2 is 2.06 bits per heavy atom. The molecular formula is C20H23F3N4O5S. The molecule has 1 aromatic carbocycles. The molecule has 0 amide bonds. The zero-order chi connectivity index (χ0) is 24.2. The number of hydrogen-bond acceptors (Lipinski definition) is 7. The molecule has 1 aliphatic rings. The van der Waals surface area contributed by atoms with Crippen LogP contribution in [0.2, 0.25) is 0 Å². The summed E-state index contributed by atoms with van der Waals surface area (Å²) in [6.07, 6.45) is -0.227. The Balaban J connectivity index is 2.05. The maximum absolute atomic E-state index is 14.9. The van der Waals surface area contributed by atoms with E-state index in [1.165, 1.54) is 14.2 Å². The maximum atomic E-state index is 14.9. The zero-order valence-electron chi connectivity index (χ0n) is 17.8. The largest absolute Gasteiger partial charge is 0.452 e. The van der Waals surface area contributed by atoms with E-state index in [-0.39, 0.29) is 37.5 Å². The van der Waals surface area contributed by atoms with Crippen LogP contribution in [0.4, 0.5) is 13.2 Å². The van der Waals surface area contributed by atoms with Crippen LogP contribution < -0.4 is 10.1 Å². The van der Waals surface area contributed by atoms with Gasteiger partial charge in [-0.2, -0.15) is 4.39 Å². The molecular weight excluding hydrogens is 465 g/mol. The molecule has 180 valence electrons. The molecule has 9 nitrogen and oxygen atoms in total. The molecule has 1 aliphatic heterocycles. The number of methoxy groups -OCH3 is 1. The van der Waals surface area contributed by atoms with Crippen molar-refractivity contribution >= 4 is 16.0 Å². The van der Waals surface area contributed by atoms with E-state index >= 15 is 0 Å². The van der Waals surface area contributed by atoms with Crippen LogP contribution in [-0.4, -0.2) is 63.7 Å². The smallest absolute Gasteiger partial charge is 0.256 e. The second kappa shape index (κ2) is 10.4. The van der Waals surface area contributed by atoms with Gasteiger partial charge in [-0.25, -0.2) is 26.5 Å². The third-order valence-electron chi connectivity index (χ3n) is 4.95. The van der Waals surface area contributed by atoms with Crippen molar-refractivity contribution in [1.82, 2.24) is 14.6 Å². The number of hydrogen-bond donors (Lipinski definition) is 2. The predicted molar refractivity (Wildman–Crippen MR) is 112 cm³/mol.